The van der Waals surface area contributed by atoms with Gasteiger partial charge in [0.05, 0.1) is 6.61 Å². The molecular weight excluding hydrogens is 239 g/mol. The number of hydrogen-bond donors (Lipinski definition) is 0. The fraction of sp³-hybridized carbons (Fsp3) is 0.529. The van der Waals surface area contributed by atoms with Crippen molar-refractivity contribution in [1.82, 2.24) is 0 Å². The van der Waals surface area contributed by atoms with E-state index in [4.69, 9.17) is 4.74 Å². The standard InChI is InChI=1S/C17H21FO/c1-12(14-4-2-3-5-14)15-8-9-16(18)17(10-15)19-11-13-6-7-13/h8-10,13-14H,1-7,11H2. The van der Waals surface area contributed by atoms with Crippen LogP contribution in [-0.4, -0.2) is 6.61 Å². The molecule has 0 aliphatic heterocycles. The van der Waals surface area contributed by atoms with Gasteiger partial charge in [0, 0.05) is 0 Å². The normalized spacial score (nSPS) is 19.6. The minimum Gasteiger partial charge on any atom is -0.490 e. The molecule has 0 radical (unpaired) electrons. The average Bonchev–Trinajstić information content (AvgIpc) is 3.09. The Morgan fingerprint density at radius 2 is 1.95 bits per heavy atom. The first kappa shape index (κ1) is 12.7. The van der Waals surface area contributed by atoms with Crippen molar-refractivity contribution in [2.45, 2.75) is 38.5 Å². The van der Waals surface area contributed by atoms with Gasteiger partial charge in [0.2, 0.25) is 0 Å². The zero-order valence-electron chi connectivity index (χ0n) is 11.3. The average molecular weight is 260 g/mol. The molecule has 0 unspecified atom stereocenters. The van der Waals surface area contributed by atoms with Crippen molar-refractivity contribution in [2.24, 2.45) is 11.8 Å². The fourth-order valence-corrected chi connectivity index (χ4v) is 2.82. The summed E-state index contributed by atoms with van der Waals surface area (Å²) >= 11 is 0. The smallest absolute Gasteiger partial charge is 0.165 e. The van der Waals surface area contributed by atoms with E-state index in [0.29, 0.717) is 24.2 Å². The molecule has 19 heavy (non-hydrogen) atoms. The third-order valence-electron chi connectivity index (χ3n) is 4.32. The zero-order chi connectivity index (χ0) is 13.2. The molecule has 0 aromatic heterocycles. The van der Waals surface area contributed by atoms with Crippen LogP contribution in [0.4, 0.5) is 4.39 Å². The van der Waals surface area contributed by atoms with Gasteiger partial charge in [-0.1, -0.05) is 25.5 Å². The van der Waals surface area contributed by atoms with E-state index in [2.05, 4.69) is 6.58 Å². The predicted molar refractivity (Wildman–Crippen MR) is 75.6 cm³/mol. The van der Waals surface area contributed by atoms with E-state index >= 15 is 0 Å². The van der Waals surface area contributed by atoms with Crippen molar-refractivity contribution < 1.29 is 9.13 Å². The summed E-state index contributed by atoms with van der Waals surface area (Å²) in [5.41, 5.74) is 2.19. The highest BCUT2D eigenvalue weighted by molar-refractivity contribution is 5.66. The Hall–Kier alpha value is -1.31. The van der Waals surface area contributed by atoms with Crippen molar-refractivity contribution in [3.05, 3.63) is 36.2 Å². The lowest BCUT2D eigenvalue weighted by atomic mass is 9.92. The van der Waals surface area contributed by atoms with Gasteiger partial charge in [-0.15, -0.1) is 0 Å². The molecule has 2 aliphatic rings. The highest BCUT2D eigenvalue weighted by Gasteiger charge is 2.23. The maximum Gasteiger partial charge on any atom is 0.165 e. The maximum absolute atomic E-state index is 13.7. The van der Waals surface area contributed by atoms with Crippen molar-refractivity contribution in [2.75, 3.05) is 6.61 Å². The Kier molecular flexibility index (Phi) is 3.58. The topological polar surface area (TPSA) is 9.23 Å². The Morgan fingerprint density at radius 1 is 1.21 bits per heavy atom. The molecule has 0 saturated heterocycles. The quantitative estimate of drug-likeness (QED) is 0.737. The van der Waals surface area contributed by atoms with Gasteiger partial charge in [-0.25, -0.2) is 4.39 Å². The second-order valence-electron chi connectivity index (χ2n) is 5.91. The van der Waals surface area contributed by atoms with Crippen LogP contribution in [0.5, 0.6) is 5.75 Å². The van der Waals surface area contributed by atoms with E-state index in [-0.39, 0.29) is 5.82 Å². The third kappa shape index (κ3) is 2.99. The lowest BCUT2D eigenvalue weighted by Gasteiger charge is -2.15. The van der Waals surface area contributed by atoms with Crippen LogP contribution >= 0.6 is 0 Å². The predicted octanol–water partition coefficient (Wildman–Crippen LogP) is 4.82. The largest absolute Gasteiger partial charge is 0.490 e. The Morgan fingerprint density at radius 3 is 2.63 bits per heavy atom. The lowest BCUT2D eigenvalue weighted by Crippen LogP contribution is -2.02. The van der Waals surface area contributed by atoms with Gasteiger partial charge in [-0.2, -0.15) is 0 Å². The molecule has 0 spiro atoms. The molecule has 2 aliphatic carbocycles. The van der Waals surface area contributed by atoms with Crippen LogP contribution in [-0.2, 0) is 0 Å². The van der Waals surface area contributed by atoms with Gasteiger partial charge in [0.25, 0.3) is 0 Å². The Balaban J connectivity index is 1.73. The van der Waals surface area contributed by atoms with E-state index in [9.17, 15) is 4.39 Å². The molecule has 3 rings (SSSR count). The number of rotatable bonds is 5. The SMILES string of the molecule is C=C(c1ccc(F)c(OCC2CC2)c1)C1CCCC1. The lowest BCUT2D eigenvalue weighted by molar-refractivity contribution is 0.285. The molecule has 0 bridgehead atoms. The summed E-state index contributed by atoms with van der Waals surface area (Å²) in [6, 6.07) is 5.18. The zero-order valence-corrected chi connectivity index (χ0v) is 11.3. The summed E-state index contributed by atoms with van der Waals surface area (Å²) in [5, 5.41) is 0. The van der Waals surface area contributed by atoms with E-state index < -0.39 is 0 Å². The van der Waals surface area contributed by atoms with Crippen molar-refractivity contribution in [3.8, 4) is 5.75 Å². The fourth-order valence-electron chi connectivity index (χ4n) is 2.82. The van der Waals surface area contributed by atoms with Crippen LogP contribution in [0.3, 0.4) is 0 Å². The first-order valence-electron chi connectivity index (χ1n) is 7.35. The van der Waals surface area contributed by atoms with Crippen LogP contribution in [0.15, 0.2) is 24.8 Å². The molecule has 0 N–H and O–H groups in total. The highest BCUT2D eigenvalue weighted by Crippen LogP contribution is 2.37. The molecule has 0 amide bonds. The Bertz CT molecular complexity index is 470. The first-order chi connectivity index (χ1) is 9.24. The van der Waals surface area contributed by atoms with Gasteiger partial charge in [-0.3, -0.25) is 0 Å². The summed E-state index contributed by atoms with van der Waals surface area (Å²) in [4.78, 5) is 0. The second-order valence-corrected chi connectivity index (χ2v) is 5.91. The summed E-state index contributed by atoms with van der Waals surface area (Å²) in [7, 11) is 0. The number of hydrogen-bond acceptors (Lipinski definition) is 1. The van der Waals surface area contributed by atoms with Gasteiger partial charge < -0.3 is 4.74 Å². The summed E-state index contributed by atoms with van der Waals surface area (Å²) in [6.45, 7) is 4.86. The van der Waals surface area contributed by atoms with Gasteiger partial charge in [-0.05, 0) is 60.8 Å². The minimum atomic E-state index is -0.261. The molecular formula is C17H21FO. The highest BCUT2D eigenvalue weighted by atomic mass is 19.1. The number of benzene rings is 1. The third-order valence-corrected chi connectivity index (χ3v) is 4.32. The van der Waals surface area contributed by atoms with Crippen molar-refractivity contribution >= 4 is 5.57 Å². The molecule has 2 heteroatoms. The monoisotopic (exact) mass is 260 g/mol. The molecule has 0 heterocycles. The van der Waals surface area contributed by atoms with Crippen LogP contribution in [0, 0.1) is 17.7 Å². The molecule has 0 atom stereocenters. The maximum atomic E-state index is 13.7. The molecule has 1 aromatic carbocycles. The van der Waals surface area contributed by atoms with E-state index in [1.54, 1.807) is 0 Å². The summed E-state index contributed by atoms with van der Waals surface area (Å²) < 4.78 is 19.3. The van der Waals surface area contributed by atoms with E-state index in [1.165, 1.54) is 44.6 Å². The molecule has 1 nitrogen and oxygen atoms in total. The van der Waals surface area contributed by atoms with Gasteiger partial charge in [0.15, 0.2) is 11.6 Å². The molecule has 1 aromatic rings. The van der Waals surface area contributed by atoms with Crippen LogP contribution in [0.2, 0.25) is 0 Å². The van der Waals surface area contributed by atoms with Gasteiger partial charge >= 0.3 is 0 Å². The van der Waals surface area contributed by atoms with Crippen LogP contribution in [0.25, 0.3) is 5.57 Å². The summed E-state index contributed by atoms with van der Waals surface area (Å²) in [6.07, 6.45) is 7.45. The number of halogens is 1. The van der Waals surface area contributed by atoms with Crippen LogP contribution < -0.4 is 4.74 Å². The molecule has 102 valence electrons. The summed E-state index contributed by atoms with van der Waals surface area (Å²) in [5.74, 6) is 1.34. The van der Waals surface area contributed by atoms with E-state index in [1.807, 2.05) is 12.1 Å². The number of ether oxygens (including phenoxy) is 1. The van der Waals surface area contributed by atoms with Crippen molar-refractivity contribution in [1.29, 1.82) is 0 Å². The van der Waals surface area contributed by atoms with Crippen LogP contribution in [0.1, 0.15) is 44.1 Å². The minimum absolute atomic E-state index is 0.261. The Labute approximate surface area is 114 Å². The number of allylic oxidation sites excluding steroid dienone is 1. The van der Waals surface area contributed by atoms with E-state index in [0.717, 1.165) is 11.1 Å². The second kappa shape index (κ2) is 5.36. The first-order valence-corrected chi connectivity index (χ1v) is 7.35. The molecule has 2 fully saturated rings. The molecule has 2 saturated carbocycles. The van der Waals surface area contributed by atoms with Gasteiger partial charge in [0.1, 0.15) is 0 Å². The van der Waals surface area contributed by atoms with Crippen molar-refractivity contribution in [3.63, 3.8) is 0 Å².